The van der Waals surface area contributed by atoms with E-state index in [1.54, 1.807) is 0 Å². The fourth-order valence-electron chi connectivity index (χ4n) is 2.41. The summed E-state index contributed by atoms with van der Waals surface area (Å²) in [6.45, 7) is 7.08. The molecule has 16 heavy (non-hydrogen) atoms. The Morgan fingerprint density at radius 3 is 2.69 bits per heavy atom. The molecule has 2 aliphatic rings. The molecule has 0 radical (unpaired) electrons. The van der Waals surface area contributed by atoms with Crippen LogP contribution in [0.1, 0.15) is 26.2 Å². The highest BCUT2D eigenvalue weighted by molar-refractivity contribution is 4.88. The van der Waals surface area contributed by atoms with Crippen LogP contribution in [0.15, 0.2) is 0 Å². The summed E-state index contributed by atoms with van der Waals surface area (Å²) < 4.78 is 10.8. The summed E-state index contributed by atoms with van der Waals surface area (Å²) in [5.41, 5.74) is 0.340. The van der Waals surface area contributed by atoms with Gasteiger partial charge in [-0.1, -0.05) is 0 Å². The smallest absolute Gasteiger partial charge is 0.147 e. The first-order valence-corrected chi connectivity index (χ1v) is 6.32. The molecule has 0 saturated carbocycles. The highest BCUT2D eigenvalue weighted by Gasteiger charge is 2.29. The van der Waals surface area contributed by atoms with Gasteiger partial charge in [0.1, 0.15) is 6.79 Å². The second-order valence-electron chi connectivity index (χ2n) is 5.21. The average molecular weight is 228 g/mol. The van der Waals surface area contributed by atoms with Gasteiger partial charge in [-0.15, -0.1) is 0 Å². The van der Waals surface area contributed by atoms with Gasteiger partial charge in [0, 0.05) is 12.1 Å². The van der Waals surface area contributed by atoms with E-state index in [9.17, 15) is 0 Å². The van der Waals surface area contributed by atoms with E-state index >= 15 is 0 Å². The van der Waals surface area contributed by atoms with Crippen LogP contribution in [0, 0.1) is 0 Å². The molecule has 1 unspecified atom stereocenters. The van der Waals surface area contributed by atoms with Crippen molar-refractivity contribution in [2.75, 3.05) is 40.1 Å². The van der Waals surface area contributed by atoms with Gasteiger partial charge in [-0.25, -0.2) is 0 Å². The summed E-state index contributed by atoms with van der Waals surface area (Å²) in [7, 11) is 2.07. The van der Waals surface area contributed by atoms with Gasteiger partial charge in [0.15, 0.2) is 0 Å². The molecule has 0 aromatic heterocycles. The molecule has 2 heterocycles. The number of piperidine rings is 1. The first kappa shape index (κ1) is 12.3. The molecular weight excluding hydrogens is 204 g/mol. The van der Waals surface area contributed by atoms with E-state index in [-0.39, 0.29) is 0 Å². The fraction of sp³-hybridized carbons (Fsp3) is 1.00. The number of ether oxygens (including phenoxy) is 2. The van der Waals surface area contributed by atoms with Crippen molar-refractivity contribution in [1.29, 1.82) is 0 Å². The Labute approximate surface area is 98.3 Å². The van der Waals surface area contributed by atoms with E-state index in [0.29, 0.717) is 18.4 Å². The molecule has 0 bridgehead atoms. The summed E-state index contributed by atoms with van der Waals surface area (Å²) in [5.74, 6) is 0. The Morgan fingerprint density at radius 2 is 2.12 bits per heavy atom. The van der Waals surface area contributed by atoms with Crippen molar-refractivity contribution in [3.05, 3.63) is 0 Å². The van der Waals surface area contributed by atoms with Crippen LogP contribution in [-0.2, 0) is 9.47 Å². The summed E-state index contributed by atoms with van der Waals surface area (Å²) in [6, 6.07) is 0. The highest BCUT2D eigenvalue weighted by atomic mass is 16.7. The van der Waals surface area contributed by atoms with E-state index in [2.05, 4.69) is 24.2 Å². The molecule has 0 aromatic rings. The first-order chi connectivity index (χ1) is 7.72. The molecule has 0 aliphatic carbocycles. The topological polar surface area (TPSA) is 33.7 Å². The number of hydrogen-bond donors (Lipinski definition) is 1. The summed E-state index contributed by atoms with van der Waals surface area (Å²) in [4.78, 5) is 2.52. The lowest BCUT2D eigenvalue weighted by Gasteiger charge is -2.40. The number of rotatable bonds is 3. The van der Waals surface area contributed by atoms with Gasteiger partial charge in [0.2, 0.25) is 0 Å². The van der Waals surface area contributed by atoms with Crippen LogP contribution in [0.25, 0.3) is 0 Å². The maximum Gasteiger partial charge on any atom is 0.147 e. The largest absolute Gasteiger partial charge is 0.355 e. The van der Waals surface area contributed by atoms with Crippen LogP contribution in [0.5, 0.6) is 0 Å². The highest BCUT2D eigenvalue weighted by Crippen LogP contribution is 2.22. The van der Waals surface area contributed by atoms with E-state index in [4.69, 9.17) is 9.47 Å². The zero-order valence-electron chi connectivity index (χ0n) is 10.5. The van der Waals surface area contributed by atoms with Gasteiger partial charge >= 0.3 is 0 Å². The Bertz CT molecular complexity index is 209. The monoisotopic (exact) mass is 228 g/mol. The number of nitrogens with one attached hydrogen (secondary N) is 1. The van der Waals surface area contributed by atoms with Crippen molar-refractivity contribution in [3.63, 3.8) is 0 Å². The predicted molar refractivity (Wildman–Crippen MR) is 63.4 cm³/mol. The van der Waals surface area contributed by atoms with Crippen LogP contribution in [0.2, 0.25) is 0 Å². The van der Waals surface area contributed by atoms with Crippen LogP contribution >= 0.6 is 0 Å². The average Bonchev–Trinajstić information content (AvgIpc) is 2.34. The lowest BCUT2D eigenvalue weighted by Crippen LogP contribution is -2.51. The molecule has 4 heteroatoms. The van der Waals surface area contributed by atoms with Crippen molar-refractivity contribution in [1.82, 2.24) is 10.2 Å². The SMILES string of the molecule is CNC1(C)CCN(CC2CCOCO2)CC1. The Balaban J connectivity index is 1.72. The number of nitrogens with zero attached hydrogens (tertiary/aromatic N) is 1. The molecule has 1 atom stereocenters. The lowest BCUT2D eigenvalue weighted by molar-refractivity contribution is -0.145. The molecule has 2 rings (SSSR count). The summed E-state index contributed by atoms with van der Waals surface area (Å²) >= 11 is 0. The zero-order chi connectivity index (χ0) is 11.4. The molecule has 0 amide bonds. The van der Waals surface area contributed by atoms with Gasteiger partial charge in [0.05, 0.1) is 12.7 Å². The molecule has 2 saturated heterocycles. The number of hydrogen-bond acceptors (Lipinski definition) is 4. The van der Waals surface area contributed by atoms with Crippen LogP contribution < -0.4 is 5.32 Å². The molecule has 94 valence electrons. The third-order valence-corrected chi connectivity index (χ3v) is 4.00. The minimum atomic E-state index is 0.340. The minimum absolute atomic E-state index is 0.340. The normalized spacial score (nSPS) is 31.5. The van der Waals surface area contributed by atoms with Crippen LogP contribution in [-0.4, -0.2) is 56.6 Å². The third kappa shape index (κ3) is 3.17. The van der Waals surface area contributed by atoms with Crippen LogP contribution in [0.4, 0.5) is 0 Å². The first-order valence-electron chi connectivity index (χ1n) is 6.32. The summed E-state index contributed by atoms with van der Waals surface area (Å²) in [6.07, 6.45) is 3.88. The fourth-order valence-corrected chi connectivity index (χ4v) is 2.41. The van der Waals surface area contributed by atoms with E-state index in [1.807, 2.05) is 0 Å². The van der Waals surface area contributed by atoms with E-state index in [0.717, 1.165) is 19.6 Å². The van der Waals surface area contributed by atoms with Gasteiger partial charge in [-0.05, 0) is 46.3 Å². The number of likely N-dealkylation sites (tertiary alicyclic amines) is 1. The third-order valence-electron chi connectivity index (χ3n) is 4.00. The van der Waals surface area contributed by atoms with Crippen molar-refractivity contribution in [3.8, 4) is 0 Å². The molecule has 2 fully saturated rings. The summed E-state index contributed by atoms with van der Waals surface area (Å²) in [5, 5.41) is 3.43. The molecule has 4 nitrogen and oxygen atoms in total. The second kappa shape index (κ2) is 5.45. The molecule has 2 aliphatic heterocycles. The Kier molecular flexibility index (Phi) is 4.19. The second-order valence-corrected chi connectivity index (χ2v) is 5.21. The minimum Gasteiger partial charge on any atom is -0.355 e. The van der Waals surface area contributed by atoms with E-state index < -0.39 is 0 Å². The van der Waals surface area contributed by atoms with Gasteiger partial charge < -0.3 is 19.7 Å². The van der Waals surface area contributed by atoms with Crippen molar-refractivity contribution < 1.29 is 9.47 Å². The van der Waals surface area contributed by atoms with Crippen molar-refractivity contribution in [2.24, 2.45) is 0 Å². The van der Waals surface area contributed by atoms with Gasteiger partial charge in [-0.2, -0.15) is 0 Å². The zero-order valence-corrected chi connectivity index (χ0v) is 10.5. The standard InChI is InChI=1S/C12H24N2O2/c1-12(13-2)4-6-14(7-5-12)9-11-3-8-15-10-16-11/h11,13H,3-10H2,1-2H3. The molecule has 0 aromatic carbocycles. The predicted octanol–water partition coefficient (Wildman–Crippen LogP) is 0.823. The van der Waals surface area contributed by atoms with Gasteiger partial charge in [0.25, 0.3) is 0 Å². The Morgan fingerprint density at radius 1 is 1.38 bits per heavy atom. The van der Waals surface area contributed by atoms with E-state index in [1.165, 1.54) is 25.9 Å². The molecular formula is C12H24N2O2. The molecule has 0 spiro atoms. The Hall–Kier alpha value is -0.160. The van der Waals surface area contributed by atoms with Crippen molar-refractivity contribution >= 4 is 0 Å². The van der Waals surface area contributed by atoms with Crippen LogP contribution in [0.3, 0.4) is 0 Å². The maximum absolute atomic E-state index is 5.58. The lowest BCUT2D eigenvalue weighted by atomic mass is 9.90. The van der Waals surface area contributed by atoms with Crippen molar-refractivity contribution in [2.45, 2.75) is 37.8 Å². The quantitative estimate of drug-likeness (QED) is 0.775. The van der Waals surface area contributed by atoms with Gasteiger partial charge in [-0.3, -0.25) is 0 Å². The maximum atomic E-state index is 5.58. The molecule has 1 N–H and O–H groups in total.